The lowest BCUT2D eigenvalue weighted by atomic mass is 9.46. The maximum Gasteiger partial charge on any atom is 0.115 e. The summed E-state index contributed by atoms with van der Waals surface area (Å²) in [5.41, 5.74) is 4.33. The highest BCUT2D eigenvalue weighted by atomic mass is 16.3. The summed E-state index contributed by atoms with van der Waals surface area (Å²) in [7, 11) is 0. The Kier molecular flexibility index (Phi) is 5.22. The van der Waals surface area contributed by atoms with Crippen LogP contribution < -0.4 is 0 Å². The lowest BCUT2D eigenvalue weighted by Crippen LogP contribution is -2.53. The summed E-state index contributed by atoms with van der Waals surface area (Å²) in [6.07, 6.45) is 4.25. The molecule has 0 radical (unpaired) electrons. The third kappa shape index (κ3) is 3.10. The van der Waals surface area contributed by atoms with Gasteiger partial charge in [-0.05, 0) is 59.4 Å². The van der Waals surface area contributed by atoms with Crippen LogP contribution in [0.2, 0.25) is 0 Å². The molecule has 0 bridgehead atoms. The van der Waals surface area contributed by atoms with Crippen molar-refractivity contribution in [1.82, 2.24) is 0 Å². The fourth-order valence-corrected chi connectivity index (χ4v) is 6.04. The van der Waals surface area contributed by atoms with Crippen molar-refractivity contribution >= 4 is 0 Å². The topological polar surface area (TPSA) is 40.5 Å². The monoisotopic (exact) mass is 420 g/mol. The van der Waals surface area contributed by atoms with Crippen molar-refractivity contribution in [2.24, 2.45) is 0 Å². The summed E-state index contributed by atoms with van der Waals surface area (Å²) in [5.74, 6) is 0.547. The van der Waals surface area contributed by atoms with Crippen LogP contribution in [0.15, 0.2) is 109 Å². The Bertz CT molecular complexity index is 1080. The smallest absolute Gasteiger partial charge is 0.115 e. The van der Waals surface area contributed by atoms with E-state index in [2.05, 4.69) is 84.9 Å². The van der Waals surface area contributed by atoms with E-state index in [4.69, 9.17) is 0 Å². The van der Waals surface area contributed by atoms with Gasteiger partial charge in [-0.25, -0.2) is 0 Å². The minimum atomic E-state index is -0.352. The molecule has 2 nitrogen and oxygen atoms in total. The van der Waals surface area contributed by atoms with E-state index in [0.717, 1.165) is 25.7 Å². The van der Waals surface area contributed by atoms with Gasteiger partial charge in [-0.1, -0.05) is 97.8 Å². The molecule has 5 rings (SSSR count). The van der Waals surface area contributed by atoms with E-state index in [-0.39, 0.29) is 22.3 Å². The van der Waals surface area contributed by atoms with Gasteiger partial charge in [0, 0.05) is 10.8 Å². The van der Waals surface area contributed by atoms with E-state index in [0.29, 0.717) is 0 Å². The Morgan fingerprint density at radius 2 is 0.719 bits per heavy atom. The molecule has 4 aromatic carbocycles. The molecule has 2 heteroatoms. The fourth-order valence-electron chi connectivity index (χ4n) is 6.04. The molecular weight excluding hydrogens is 392 g/mol. The van der Waals surface area contributed by atoms with Gasteiger partial charge in [0.05, 0.1) is 0 Å². The Hall–Kier alpha value is -3.52. The van der Waals surface area contributed by atoms with Crippen LogP contribution in [-0.4, -0.2) is 10.2 Å². The van der Waals surface area contributed by atoms with E-state index < -0.39 is 0 Å². The first-order chi connectivity index (χ1) is 15.7. The van der Waals surface area contributed by atoms with Gasteiger partial charge in [0.25, 0.3) is 0 Å². The second-order valence-electron chi connectivity index (χ2n) is 8.84. The summed E-state index contributed by atoms with van der Waals surface area (Å²) >= 11 is 0. The van der Waals surface area contributed by atoms with E-state index >= 15 is 0 Å². The van der Waals surface area contributed by atoms with Gasteiger partial charge in [-0.3, -0.25) is 0 Å². The van der Waals surface area contributed by atoms with E-state index in [1.165, 1.54) is 22.3 Å². The van der Waals surface area contributed by atoms with Gasteiger partial charge in [0.15, 0.2) is 0 Å². The van der Waals surface area contributed by atoms with Crippen LogP contribution in [0.25, 0.3) is 0 Å². The maximum absolute atomic E-state index is 10.1. The number of phenols is 2. The number of aromatic hydroxyl groups is 2. The first kappa shape index (κ1) is 20.4. The van der Waals surface area contributed by atoms with Crippen molar-refractivity contribution in [3.05, 3.63) is 131 Å². The van der Waals surface area contributed by atoms with Crippen LogP contribution in [0.1, 0.15) is 47.9 Å². The molecule has 0 aliphatic heterocycles. The van der Waals surface area contributed by atoms with Gasteiger partial charge in [-0.2, -0.15) is 0 Å². The molecule has 160 valence electrons. The molecule has 0 atom stereocenters. The zero-order valence-electron chi connectivity index (χ0n) is 18.1. The number of hydrogen-bond donors (Lipinski definition) is 2. The standard InChI is InChI=1S/C30H28O2/c31-27-17-13-25(14-18-27)30(26-15-19-28(32)20-16-26)22-8-7-21-29(30,23-9-3-1-4-10-23)24-11-5-2-6-12-24/h1-6,9-20,31-32H,7-8,21-22H2. The maximum atomic E-state index is 10.1. The lowest BCUT2D eigenvalue weighted by molar-refractivity contribution is 0.213. The highest BCUT2D eigenvalue weighted by Gasteiger charge is 2.56. The van der Waals surface area contributed by atoms with E-state index in [1.54, 1.807) is 24.3 Å². The molecule has 0 spiro atoms. The molecule has 1 aliphatic carbocycles. The van der Waals surface area contributed by atoms with Crippen LogP contribution in [0.5, 0.6) is 11.5 Å². The quantitative estimate of drug-likeness (QED) is 0.375. The zero-order chi connectivity index (χ0) is 22.0. The highest BCUT2D eigenvalue weighted by Crippen LogP contribution is 2.60. The van der Waals surface area contributed by atoms with E-state index in [1.807, 2.05) is 0 Å². The number of hydrogen-bond acceptors (Lipinski definition) is 2. The first-order valence-corrected chi connectivity index (χ1v) is 11.4. The lowest BCUT2D eigenvalue weighted by Gasteiger charge is -2.56. The predicted octanol–water partition coefficient (Wildman–Crippen LogP) is 6.94. The molecule has 0 heterocycles. The van der Waals surface area contributed by atoms with Crippen molar-refractivity contribution in [2.75, 3.05) is 0 Å². The second-order valence-corrected chi connectivity index (χ2v) is 8.84. The second kappa shape index (κ2) is 8.20. The minimum Gasteiger partial charge on any atom is -0.508 e. The average molecular weight is 421 g/mol. The summed E-state index contributed by atoms with van der Waals surface area (Å²) in [5, 5.41) is 20.2. The molecule has 1 fully saturated rings. The molecule has 1 saturated carbocycles. The molecule has 0 saturated heterocycles. The van der Waals surface area contributed by atoms with Gasteiger partial charge >= 0.3 is 0 Å². The third-order valence-electron chi connectivity index (χ3n) is 7.34. The average Bonchev–Trinajstić information content (AvgIpc) is 2.86. The Balaban J connectivity index is 1.91. The summed E-state index contributed by atoms with van der Waals surface area (Å²) in [6, 6.07) is 37.2. The molecule has 1 aliphatic rings. The van der Waals surface area contributed by atoms with Gasteiger partial charge in [-0.15, -0.1) is 0 Å². The fraction of sp³-hybridized carbons (Fsp3) is 0.200. The molecule has 0 aromatic heterocycles. The summed E-state index contributed by atoms with van der Waals surface area (Å²) in [4.78, 5) is 0. The molecule has 32 heavy (non-hydrogen) atoms. The van der Waals surface area contributed by atoms with Crippen molar-refractivity contribution in [3.63, 3.8) is 0 Å². The van der Waals surface area contributed by atoms with Crippen LogP contribution in [0, 0.1) is 0 Å². The Labute approximate surface area is 189 Å². The summed E-state index contributed by atoms with van der Waals surface area (Å²) in [6.45, 7) is 0. The van der Waals surface area contributed by atoms with Crippen molar-refractivity contribution < 1.29 is 10.2 Å². The predicted molar refractivity (Wildman–Crippen MR) is 129 cm³/mol. The Morgan fingerprint density at radius 3 is 1.06 bits per heavy atom. The Morgan fingerprint density at radius 1 is 0.406 bits per heavy atom. The largest absolute Gasteiger partial charge is 0.508 e. The number of rotatable bonds is 4. The van der Waals surface area contributed by atoms with Crippen molar-refractivity contribution in [1.29, 1.82) is 0 Å². The first-order valence-electron chi connectivity index (χ1n) is 11.4. The van der Waals surface area contributed by atoms with Gasteiger partial charge < -0.3 is 10.2 Å². The third-order valence-corrected chi connectivity index (χ3v) is 7.34. The zero-order valence-corrected chi connectivity index (χ0v) is 18.1. The normalized spacial score (nSPS) is 17.0. The van der Waals surface area contributed by atoms with Crippen molar-refractivity contribution in [3.8, 4) is 11.5 Å². The molecule has 0 unspecified atom stereocenters. The highest BCUT2D eigenvalue weighted by molar-refractivity contribution is 5.57. The SMILES string of the molecule is Oc1ccc(C2(c3ccc(O)cc3)CCCCC2(c2ccccc2)c2ccccc2)cc1. The molecule has 2 N–H and O–H groups in total. The van der Waals surface area contributed by atoms with Gasteiger partial charge in [0.1, 0.15) is 11.5 Å². The molecular formula is C30H28O2. The summed E-state index contributed by atoms with van der Waals surface area (Å²) < 4.78 is 0. The number of benzene rings is 4. The van der Waals surface area contributed by atoms with Crippen molar-refractivity contribution in [2.45, 2.75) is 36.5 Å². The van der Waals surface area contributed by atoms with Gasteiger partial charge in [0.2, 0.25) is 0 Å². The van der Waals surface area contributed by atoms with Crippen LogP contribution in [0.4, 0.5) is 0 Å². The minimum absolute atomic E-state index is 0.274. The molecule has 4 aromatic rings. The van der Waals surface area contributed by atoms with Crippen LogP contribution in [0.3, 0.4) is 0 Å². The molecule has 0 amide bonds. The number of phenolic OH excluding ortho intramolecular Hbond substituents is 2. The van der Waals surface area contributed by atoms with Crippen LogP contribution >= 0.6 is 0 Å². The van der Waals surface area contributed by atoms with E-state index in [9.17, 15) is 10.2 Å². The van der Waals surface area contributed by atoms with Crippen LogP contribution in [-0.2, 0) is 10.8 Å².